The molecule has 0 unspecified atom stereocenters. The fourth-order valence-corrected chi connectivity index (χ4v) is 2.18. The Kier molecular flexibility index (Phi) is 4.82. The van der Waals surface area contributed by atoms with E-state index in [9.17, 15) is 4.79 Å². The second-order valence-corrected chi connectivity index (χ2v) is 5.79. The summed E-state index contributed by atoms with van der Waals surface area (Å²) in [5.74, 6) is 0.510. The summed E-state index contributed by atoms with van der Waals surface area (Å²) < 4.78 is 6.88. The Bertz CT molecular complexity index is 594. The van der Waals surface area contributed by atoms with Crippen molar-refractivity contribution >= 4 is 40.0 Å². The molecule has 0 saturated carbocycles. The van der Waals surface area contributed by atoms with Gasteiger partial charge in [-0.15, -0.1) is 0 Å². The number of hydrogen-bond donors (Lipinski definition) is 0. The molecule has 2 aromatic carbocycles. The number of Topliss-reactive ketones (excluding diaryl/α,β-unsaturated/α-hetero) is 1. The molecule has 0 aromatic heterocycles. The first-order chi connectivity index (χ1) is 9.06. The zero-order valence-corrected chi connectivity index (χ0v) is 13.2. The Balaban J connectivity index is 2.15. The van der Waals surface area contributed by atoms with E-state index in [0.717, 1.165) is 5.56 Å². The maximum absolute atomic E-state index is 11.5. The van der Waals surface area contributed by atoms with Crippen molar-refractivity contribution < 1.29 is 9.53 Å². The molecule has 0 N–H and O–H groups in total. The number of halogens is 2. The van der Waals surface area contributed by atoms with E-state index in [1.54, 1.807) is 18.2 Å². The molecular weight excluding hydrogens is 375 g/mol. The van der Waals surface area contributed by atoms with Gasteiger partial charge in [-0.25, -0.2) is 0 Å². The number of rotatable bonds is 4. The fraction of sp³-hybridized carbons (Fsp3) is 0.133. The van der Waals surface area contributed by atoms with Gasteiger partial charge in [0.25, 0.3) is 0 Å². The second kappa shape index (κ2) is 6.39. The summed E-state index contributed by atoms with van der Waals surface area (Å²) >= 11 is 8.14. The Morgan fingerprint density at radius 2 is 1.89 bits per heavy atom. The number of carbonyl (C=O) groups excluding carboxylic acids is 1. The quantitative estimate of drug-likeness (QED) is 0.561. The standard InChI is InChI=1S/C15H12ClIO2/c1-10(18)14-8-12(16)4-7-15(14)19-9-11-2-5-13(17)6-3-11/h2-8H,9H2,1H3. The molecular formula is C15H12ClIO2. The minimum Gasteiger partial charge on any atom is -0.488 e. The number of ether oxygens (including phenoxy) is 1. The topological polar surface area (TPSA) is 26.3 Å². The van der Waals surface area contributed by atoms with E-state index in [2.05, 4.69) is 22.6 Å². The highest BCUT2D eigenvalue weighted by molar-refractivity contribution is 14.1. The van der Waals surface area contributed by atoms with E-state index in [0.29, 0.717) is 22.9 Å². The molecule has 0 bridgehead atoms. The first-order valence-electron chi connectivity index (χ1n) is 5.74. The van der Waals surface area contributed by atoms with Crippen molar-refractivity contribution in [1.82, 2.24) is 0 Å². The molecule has 98 valence electrons. The normalized spacial score (nSPS) is 10.3. The second-order valence-electron chi connectivity index (χ2n) is 4.11. The van der Waals surface area contributed by atoms with E-state index in [1.807, 2.05) is 24.3 Å². The van der Waals surface area contributed by atoms with E-state index < -0.39 is 0 Å². The van der Waals surface area contributed by atoms with Crippen LogP contribution in [0.15, 0.2) is 42.5 Å². The van der Waals surface area contributed by atoms with Gasteiger partial charge in [0.15, 0.2) is 5.78 Å². The fourth-order valence-electron chi connectivity index (χ4n) is 1.64. The molecule has 4 heteroatoms. The van der Waals surface area contributed by atoms with Crippen LogP contribution in [0.4, 0.5) is 0 Å². The Labute approximate surface area is 130 Å². The molecule has 0 heterocycles. The number of carbonyl (C=O) groups is 1. The number of benzene rings is 2. The Morgan fingerprint density at radius 3 is 2.53 bits per heavy atom. The van der Waals surface area contributed by atoms with Crippen molar-refractivity contribution in [3.8, 4) is 5.75 Å². The highest BCUT2D eigenvalue weighted by atomic mass is 127. The van der Waals surface area contributed by atoms with Crippen molar-refractivity contribution in [1.29, 1.82) is 0 Å². The maximum atomic E-state index is 11.5. The van der Waals surface area contributed by atoms with Crippen LogP contribution in [0.25, 0.3) is 0 Å². The van der Waals surface area contributed by atoms with Gasteiger partial charge in [-0.1, -0.05) is 23.7 Å². The molecule has 0 aliphatic heterocycles. The highest BCUT2D eigenvalue weighted by Crippen LogP contribution is 2.24. The largest absolute Gasteiger partial charge is 0.488 e. The van der Waals surface area contributed by atoms with Gasteiger partial charge in [0.1, 0.15) is 12.4 Å². The molecule has 2 rings (SSSR count). The minimum absolute atomic E-state index is 0.0555. The van der Waals surface area contributed by atoms with Crippen LogP contribution < -0.4 is 4.74 Å². The molecule has 0 amide bonds. The summed E-state index contributed by atoms with van der Waals surface area (Å²) in [5, 5.41) is 0.534. The lowest BCUT2D eigenvalue weighted by atomic mass is 10.1. The van der Waals surface area contributed by atoms with Crippen LogP contribution in [-0.2, 0) is 6.61 Å². The van der Waals surface area contributed by atoms with Crippen molar-refractivity contribution in [3.63, 3.8) is 0 Å². The predicted molar refractivity (Wildman–Crippen MR) is 84.9 cm³/mol. The van der Waals surface area contributed by atoms with Crippen LogP contribution in [0.3, 0.4) is 0 Å². The SMILES string of the molecule is CC(=O)c1cc(Cl)ccc1OCc1ccc(I)cc1. The predicted octanol–water partition coefficient (Wildman–Crippen LogP) is 4.73. The van der Waals surface area contributed by atoms with Gasteiger partial charge < -0.3 is 4.74 Å². The van der Waals surface area contributed by atoms with E-state index in [4.69, 9.17) is 16.3 Å². The molecule has 0 aliphatic carbocycles. The zero-order chi connectivity index (χ0) is 13.8. The third kappa shape index (κ3) is 3.94. The van der Waals surface area contributed by atoms with Gasteiger partial charge in [0.2, 0.25) is 0 Å². The van der Waals surface area contributed by atoms with Gasteiger partial charge >= 0.3 is 0 Å². The Hall–Kier alpha value is -1.07. The third-order valence-electron chi connectivity index (χ3n) is 2.63. The summed E-state index contributed by atoms with van der Waals surface area (Å²) in [7, 11) is 0. The van der Waals surface area contributed by atoms with Crippen LogP contribution in [-0.4, -0.2) is 5.78 Å². The smallest absolute Gasteiger partial charge is 0.163 e. The number of hydrogen-bond acceptors (Lipinski definition) is 2. The van der Waals surface area contributed by atoms with Crippen LogP contribution in [0.1, 0.15) is 22.8 Å². The summed E-state index contributed by atoms with van der Waals surface area (Å²) in [6.07, 6.45) is 0. The number of ketones is 1. The van der Waals surface area contributed by atoms with Gasteiger partial charge in [-0.3, -0.25) is 4.79 Å². The minimum atomic E-state index is -0.0555. The summed E-state index contributed by atoms with van der Waals surface area (Å²) in [6.45, 7) is 1.93. The van der Waals surface area contributed by atoms with Crippen molar-refractivity contribution in [2.45, 2.75) is 13.5 Å². The van der Waals surface area contributed by atoms with Gasteiger partial charge in [0, 0.05) is 8.59 Å². The van der Waals surface area contributed by atoms with Crippen molar-refractivity contribution in [2.24, 2.45) is 0 Å². The highest BCUT2D eigenvalue weighted by Gasteiger charge is 2.09. The lowest BCUT2D eigenvalue weighted by molar-refractivity contribution is 0.101. The molecule has 0 saturated heterocycles. The molecule has 2 aromatic rings. The molecule has 19 heavy (non-hydrogen) atoms. The maximum Gasteiger partial charge on any atom is 0.163 e. The molecule has 0 fully saturated rings. The first-order valence-corrected chi connectivity index (χ1v) is 7.19. The van der Waals surface area contributed by atoms with Crippen LogP contribution >= 0.6 is 34.2 Å². The summed E-state index contributed by atoms with van der Waals surface area (Å²) in [6, 6.07) is 13.1. The monoisotopic (exact) mass is 386 g/mol. The van der Waals surface area contributed by atoms with Crippen LogP contribution in [0.2, 0.25) is 5.02 Å². The average Bonchev–Trinajstić information content (AvgIpc) is 2.39. The van der Waals surface area contributed by atoms with E-state index in [-0.39, 0.29) is 5.78 Å². The van der Waals surface area contributed by atoms with Gasteiger partial charge in [-0.05, 0) is 65.4 Å². The molecule has 0 atom stereocenters. The van der Waals surface area contributed by atoms with Crippen molar-refractivity contribution in [2.75, 3.05) is 0 Å². The molecule has 0 radical (unpaired) electrons. The van der Waals surface area contributed by atoms with E-state index >= 15 is 0 Å². The third-order valence-corrected chi connectivity index (χ3v) is 3.58. The van der Waals surface area contributed by atoms with Crippen LogP contribution in [0.5, 0.6) is 5.75 Å². The average molecular weight is 387 g/mol. The summed E-state index contributed by atoms with van der Waals surface area (Å²) in [4.78, 5) is 11.5. The molecule has 0 aliphatic rings. The van der Waals surface area contributed by atoms with Crippen molar-refractivity contribution in [3.05, 3.63) is 62.2 Å². The van der Waals surface area contributed by atoms with E-state index in [1.165, 1.54) is 10.5 Å². The zero-order valence-electron chi connectivity index (χ0n) is 10.3. The van der Waals surface area contributed by atoms with Gasteiger partial charge in [0.05, 0.1) is 5.56 Å². The first kappa shape index (κ1) is 14.3. The summed E-state index contributed by atoms with van der Waals surface area (Å²) in [5.41, 5.74) is 1.57. The molecule has 0 spiro atoms. The lowest BCUT2D eigenvalue weighted by Crippen LogP contribution is -2.01. The van der Waals surface area contributed by atoms with Crippen LogP contribution in [0, 0.1) is 3.57 Å². The lowest BCUT2D eigenvalue weighted by Gasteiger charge is -2.10. The molecule has 2 nitrogen and oxygen atoms in total. The Morgan fingerprint density at radius 1 is 1.21 bits per heavy atom. The van der Waals surface area contributed by atoms with Gasteiger partial charge in [-0.2, -0.15) is 0 Å².